The predicted octanol–water partition coefficient (Wildman–Crippen LogP) is 2.32. The normalized spacial score (nSPS) is 23.8. The van der Waals surface area contributed by atoms with E-state index in [1.54, 1.807) is 0 Å². The molecule has 1 saturated heterocycles. The molecule has 86 valence electrons. The van der Waals surface area contributed by atoms with Crippen molar-refractivity contribution in [1.29, 1.82) is 0 Å². The first-order chi connectivity index (χ1) is 7.77. The van der Waals surface area contributed by atoms with Gasteiger partial charge in [-0.25, -0.2) is 0 Å². The van der Waals surface area contributed by atoms with Crippen molar-refractivity contribution in [1.82, 2.24) is 9.47 Å². The van der Waals surface area contributed by atoms with Gasteiger partial charge in [0.2, 0.25) is 0 Å². The molecule has 2 aliphatic rings. The Labute approximate surface area is 99.8 Å². The summed E-state index contributed by atoms with van der Waals surface area (Å²) in [6.45, 7) is 3.08. The van der Waals surface area contributed by atoms with Crippen LogP contribution in [-0.4, -0.2) is 28.0 Å². The van der Waals surface area contributed by atoms with Crippen LogP contribution in [0.4, 0.5) is 0 Å². The molecular weight excluding hydrogens is 220 g/mol. The molecule has 3 heterocycles. The smallest absolute Gasteiger partial charge is 0.255 e. The van der Waals surface area contributed by atoms with Crippen LogP contribution < -0.4 is 0 Å². The van der Waals surface area contributed by atoms with Crippen LogP contribution in [0.2, 0.25) is 0 Å². The van der Waals surface area contributed by atoms with Gasteiger partial charge in [-0.15, -0.1) is 11.8 Å². The molecule has 0 aromatic carbocycles. The van der Waals surface area contributed by atoms with Gasteiger partial charge in [0, 0.05) is 30.2 Å². The van der Waals surface area contributed by atoms with Crippen LogP contribution in [0.1, 0.15) is 35.8 Å². The number of amides is 1. The van der Waals surface area contributed by atoms with Crippen molar-refractivity contribution in [2.45, 2.75) is 37.4 Å². The number of hydrogen-bond acceptors (Lipinski definition) is 2. The number of nitrogens with zero attached hydrogens (tertiary/aromatic N) is 2. The third kappa shape index (κ3) is 1.47. The van der Waals surface area contributed by atoms with E-state index in [9.17, 15) is 4.79 Å². The molecule has 1 amide bonds. The average Bonchev–Trinajstić information content (AvgIpc) is 2.90. The van der Waals surface area contributed by atoms with Gasteiger partial charge in [0.05, 0.1) is 11.4 Å². The van der Waals surface area contributed by atoms with E-state index in [4.69, 9.17) is 0 Å². The van der Waals surface area contributed by atoms with Crippen LogP contribution in [0.15, 0.2) is 12.3 Å². The maximum atomic E-state index is 12.4. The van der Waals surface area contributed by atoms with Crippen LogP contribution in [0.3, 0.4) is 0 Å². The van der Waals surface area contributed by atoms with E-state index < -0.39 is 0 Å². The molecule has 2 aliphatic heterocycles. The lowest BCUT2D eigenvalue weighted by Crippen LogP contribution is -2.33. The predicted molar refractivity (Wildman–Crippen MR) is 65.5 cm³/mol. The second kappa shape index (κ2) is 3.84. The molecule has 3 rings (SSSR count). The topological polar surface area (TPSA) is 25.2 Å². The number of carbonyl (C=O) groups is 1. The highest BCUT2D eigenvalue weighted by Gasteiger charge is 2.29. The quantitative estimate of drug-likeness (QED) is 0.747. The first-order valence-electron chi connectivity index (χ1n) is 5.84. The summed E-state index contributed by atoms with van der Waals surface area (Å²) in [5.74, 6) is 2.22. The molecule has 0 spiro atoms. The van der Waals surface area contributed by atoms with Crippen LogP contribution >= 0.6 is 11.8 Å². The molecule has 1 aromatic rings. The molecule has 16 heavy (non-hydrogen) atoms. The summed E-state index contributed by atoms with van der Waals surface area (Å²) in [5, 5.41) is 0. The SMILES string of the molecule is CC1CCCN1C(=O)c1ccn2c1CSC2. The summed E-state index contributed by atoms with van der Waals surface area (Å²) in [4.78, 5) is 14.4. The van der Waals surface area contributed by atoms with E-state index in [-0.39, 0.29) is 5.91 Å². The highest BCUT2D eigenvalue weighted by Crippen LogP contribution is 2.29. The van der Waals surface area contributed by atoms with Crippen molar-refractivity contribution in [3.8, 4) is 0 Å². The van der Waals surface area contributed by atoms with Gasteiger partial charge in [-0.1, -0.05) is 0 Å². The van der Waals surface area contributed by atoms with Crippen molar-refractivity contribution in [2.24, 2.45) is 0 Å². The Hall–Kier alpha value is -0.900. The lowest BCUT2D eigenvalue weighted by Gasteiger charge is -2.21. The first-order valence-corrected chi connectivity index (χ1v) is 6.99. The average molecular weight is 236 g/mol. The van der Waals surface area contributed by atoms with Crippen molar-refractivity contribution < 1.29 is 4.79 Å². The summed E-state index contributed by atoms with van der Waals surface area (Å²) >= 11 is 1.88. The number of thioether (sulfide) groups is 1. The molecule has 0 aliphatic carbocycles. The second-order valence-electron chi connectivity index (χ2n) is 4.61. The standard InChI is InChI=1S/C12H16N2OS/c1-9-3-2-5-14(9)12(15)10-4-6-13-8-16-7-11(10)13/h4,6,9H,2-3,5,7-8H2,1H3. The lowest BCUT2D eigenvalue weighted by atomic mass is 10.2. The number of likely N-dealkylation sites (tertiary alicyclic amines) is 1. The van der Waals surface area contributed by atoms with Crippen molar-refractivity contribution in [3.05, 3.63) is 23.5 Å². The van der Waals surface area contributed by atoms with Crippen LogP contribution in [-0.2, 0) is 11.6 Å². The van der Waals surface area contributed by atoms with E-state index >= 15 is 0 Å². The Morgan fingerprint density at radius 2 is 2.44 bits per heavy atom. The first kappa shape index (κ1) is 10.3. The van der Waals surface area contributed by atoms with Crippen LogP contribution in [0.5, 0.6) is 0 Å². The minimum Gasteiger partial charge on any atom is -0.340 e. The molecule has 1 aromatic heterocycles. The number of carbonyl (C=O) groups excluding carboxylic acids is 1. The zero-order valence-corrected chi connectivity index (χ0v) is 10.3. The van der Waals surface area contributed by atoms with Gasteiger partial charge in [-0.3, -0.25) is 4.79 Å². The van der Waals surface area contributed by atoms with E-state index in [0.29, 0.717) is 6.04 Å². The maximum Gasteiger partial charge on any atom is 0.255 e. The van der Waals surface area contributed by atoms with Gasteiger partial charge in [-0.05, 0) is 25.8 Å². The number of hydrogen-bond donors (Lipinski definition) is 0. The molecule has 0 bridgehead atoms. The van der Waals surface area contributed by atoms with Crippen LogP contribution in [0.25, 0.3) is 0 Å². The fourth-order valence-corrected chi connectivity index (χ4v) is 3.66. The molecular formula is C12H16N2OS. The fraction of sp³-hybridized carbons (Fsp3) is 0.583. The molecule has 0 radical (unpaired) electrons. The third-order valence-corrected chi connectivity index (χ3v) is 4.53. The van der Waals surface area contributed by atoms with Gasteiger partial charge in [0.1, 0.15) is 0 Å². The minimum absolute atomic E-state index is 0.237. The number of aromatic nitrogens is 1. The monoisotopic (exact) mass is 236 g/mol. The molecule has 1 atom stereocenters. The van der Waals surface area contributed by atoms with Gasteiger partial charge in [0.25, 0.3) is 5.91 Å². The van der Waals surface area contributed by atoms with E-state index in [2.05, 4.69) is 11.5 Å². The fourth-order valence-electron chi connectivity index (χ4n) is 2.61. The van der Waals surface area contributed by atoms with Crippen molar-refractivity contribution in [2.75, 3.05) is 6.54 Å². The summed E-state index contributed by atoms with van der Waals surface area (Å²) < 4.78 is 2.19. The third-order valence-electron chi connectivity index (χ3n) is 3.59. The Kier molecular flexibility index (Phi) is 2.46. The Morgan fingerprint density at radius 3 is 3.19 bits per heavy atom. The van der Waals surface area contributed by atoms with Gasteiger partial charge >= 0.3 is 0 Å². The van der Waals surface area contributed by atoms with Gasteiger partial charge in [0.15, 0.2) is 0 Å². The van der Waals surface area contributed by atoms with E-state index in [1.165, 1.54) is 5.69 Å². The Balaban J connectivity index is 1.89. The van der Waals surface area contributed by atoms with Crippen molar-refractivity contribution >= 4 is 17.7 Å². The van der Waals surface area contributed by atoms with Crippen LogP contribution in [0, 0.1) is 0 Å². The molecule has 0 saturated carbocycles. The molecule has 1 unspecified atom stereocenters. The molecule has 0 N–H and O–H groups in total. The Morgan fingerprint density at radius 1 is 1.56 bits per heavy atom. The van der Waals surface area contributed by atoms with Crippen molar-refractivity contribution in [3.63, 3.8) is 0 Å². The second-order valence-corrected chi connectivity index (χ2v) is 5.57. The van der Waals surface area contributed by atoms with Gasteiger partial charge < -0.3 is 9.47 Å². The molecule has 4 heteroatoms. The summed E-state index contributed by atoms with van der Waals surface area (Å²) in [5.41, 5.74) is 2.15. The summed E-state index contributed by atoms with van der Waals surface area (Å²) in [6, 6.07) is 2.40. The van der Waals surface area contributed by atoms with E-state index in [1.807, 2.05) is 28.9 Å². The Bertz CT molecular complexity index is 427. The highest BCUT2D eigenvalue weighted by atomic mass is 32.2. The lowest BCUT2D eigenvalue weighted by molar-refractivity contribution is 0.0746. The summed E-state index contributed by atoms with van der Waals surface area (Å²) in [6.07, 6.45) is 4.34. The number of rotatable bonds is 1. The van der Waals surface area contributed by atoms with Gasteiger partial charge in [-0.2, -0.15) is 0 Å². The molecule has 3 nitrogen and oxygen atoms in total. The summed E-state index contributed by atoms with van der Waals surface area (Å²) in [7, 11) is 0. The molecule has 1 fully saturated rings. The zero-order chi connectivity index (χ0) is 11.1. The minimum atomic E-state index is 0.237. The maximum absolute atomic E-state index is 12.4. The highest BCUT2D eigenvalue weighted by molar-refractivity contribution is 7.97. The zero-order valence-electron chi connectivity index (χ0n) is 9.48. The van der Waals surface area contributed by atoms with E-state index in [0.717, 1.165) is 36.6 Å². The largest absolute Gasteiger partial charge is 0.340 e. The number of fused-ring (bicyclic) bond motifs is 1.